The van der Waals surface area contributed by atoms with Crippen LogP contribution in [0.2, 0.25) is 0 Å². The molecular formula is C18H25N7O2S2. The van der Waals surface area contributed by atoms with E-state index in [2.05, 4.69) is 27.0 Å². The average molecular weight is 436 g/mol. The number of rotatable bonds is 6. The first-order chi connectivity index (χ1) is 13.9. The highest BCUT2D eigenvalue weighted by Crippen LogP contribution is 2.27. The number of nitrogens with zero attached hydrogens (tertiary/aromatic N) is 6. The molecule has 4 rings (SSSR count). The fraction of sp³-hybridized carbons (Fsp3) is 0.611. The summed E-state index contributed by atoms with van der Waals surface area (Å²) in [6.45, 7) is 6.59. The van der Waals surface area contributed by atoms with E-state index in [-0.39, 0.29) is 11.5 Å². The molecule has 1 fully saturated rings. The summed E-state index contributed by atoms with van der Waals surface area (Å²) in [5.41, 5.74) is 0.0984. The van der Waals surface area contributed by atoms with E-state index in [1.807, 2.05) is 11.5 Å². The molecule has 1 N–H and O–H groups in total. The maximum absolute atomic E-state index is 12.7. The van der Waals surface area contributed by atoms with E-state index in [0.717, 1.165) is 47.0 Å². The molecular weight excluding hydrogens is 410 g/mol. The van der Waals surface area contributed by atoms with E-state index in [1.165, 1.54) is 11.0 Å². The quantitative estimate of drug-likeness (QED) is 0.591. The predicted octanol–water partition coefficient (Wildman–Crippen LogP) is 2.00. The van der Waals surface area contributed by atoms with Gasteiger partial charge in [-0.15, -0.1) is 10.2 Å². The zero-order valence-electron chi connectivity index (χ0n) is 16.8. The fourth-order valence-electron chi connectivity index (χ4n) is 3.65. The third kappa shape index (κ3) is 4.11. The Kier molecular flexibility index (Phi) is 5.77. The van der Waals surface area contributed by atoms with E-state index in [9.17, 15) is 9.59 Å². The van der Waals surface area contributed by atoms with Crippen LogP contribution in [0.3, 0.4) is 0 Å². The molecule has 0 aromatic carbocycles. The lowest BCUT2D eigenvalue weighted by Crippen LogP contribution is -2.33. The SMILES string of the molecule is Cc1nnc(SC[C@H](C)Cn2c(N3CCCCC3)nc3c2c(=O)[nH]c(=O)n3C)s1. The Morgan fingerprint density at radius 2 is 1.97 bits per heavy atom. The topological polar surface area (TPSA) is 102 Å². The van der Waals surface area contributed by atoms with Crippen molar-refractivity contribution in [2.45, 2.75) is 44.0 Å². The van der Waals surface area contributed by atoms with E-state index in [4.69, 9.17) is 4.98 Å². The molecule has 3 aromatic heterocycles. The number of aromatic amines is 1. The number of anilines is 1. The smallest absolute Gasteiger partial charge is 0.329 e. The summed E-state index contributed by atoms with van der Waals surface area (Å²) in [5, 5.41) is 9.20. The molecule has 9 nitrogen and oxygen atoms in total. The lowest BCUT2D eigenvalue weighted by atomic mass is 10.1. The van der Waals surface area contributed by atoms with Crippen LogP contribution in [-0.4, -0.2) is 48.1 Å². The molecule has 29 heavy (non-hydrogen) atoms. The van der Waals surface area contributed by atoms with Gasteiger partial charge in [0.2, 0.25) is 5.95 Å². The summed E-state index contributed by atoms with van der Waals surface area (Å²) in [5.74, 6) is 1.93. The number of aromatic nitrogens is 6. The van der Waals surface area contributed by atoms with Gasteiger partial charge < -0.3 is 9.47 Å². The zero-order valence-corrected chi connectivity index (χ0v) is 18.5. The number of fused-ring (bicyclic) bond motifs is 1. The number of nitrogens with one attached hydrogen (secondary N) is 1. The van der Waals surface area contributed by atoms with Gasteiger partial charge in [-0.25, -0.2) is 4.79 Å². The second kappa shape index (κ2) is 8.31. The fourth-order valence-corrected chi connectivity index (χ4v) is 5.49. The van der Waals surface area contributed by atoms with Crippen LogP contribution >= 0.6 is 23.1 Å². The number of aryl methyl sites for hydroxylation is 2. The summed E-state index contributed by atoms with van der Waals surface area (Å²) < 4.78 is 4.38. The zero-order chi connectivity index (χ0) is 20.5. The number of H-pyrrole nitrogens is 1. The second-order valence-electron chi connectivity index (χ2n) is 7.56. The van der Waals surface area contributed by atoms with Gasteiger partial charge >= 0.3 is 5.69 Å². The van der Waals surface area contributed by atoms with Crippen LogP contribution in [0.1, 0.15) is 31.2 Å². The third-order valence-corrected chi connectivity index (χ3v) is 7.42. The van der Waals surface area contributed by atoms with Crippen LogP contribution in [0, 0.1) is 12.8 Å². The second-order valence-corrected chi connectivity index (χ2v) is 10.0. The highest BCUT2D eigenvalue weighted by molar-refractivity contribution is 8.01. The summed E-state index contributed by atoms with van der Waals surface area (Å²) >= 11 is 3.28. The number of piperidine rings is 1. The van der Waals surface area contributed by atoms with Crippen molar-refractivity contribution in [1.29, 1.82) is 0 Å². The van der Waals surface area contributed by atoms with Crippen molar-refractivity contribution in [2.24, 2.45) is 13.0 Å². The summed E-state index contributed by atoms with van der Waals surface area (Å²) in [6, 6.07) is 0. The van der Waals surface area contributed by atoms with E-state index < -0.39 is 5.69 Å². The Labute approximate surface area is 176 Å². The van der Waals surface area contributed by atoms with Crippen molar-refractivity contribution >= 4 is 40.2 Å². The molecule has 0 saturated carbocycles. The summed E-state index contributed by atoms with van der Waals surface area (Å²) in [6.07, 6.45) is 3.44. The third-order valence-electron chi connectivity index (χ3n) is 5.12. The number of imidazole rings is 1. The molecule has 1 aliphatic rings. The van der Waals surface area contributed by atoms with Gasteiger partial charge in [-0.2, -0.15) is 4.98 Å². The lowest BCUT2D eigenvalue weighted by molar-refractivity contribution is 0.514. The molecule has 0 radical (unpaired) electrons. The first-order valence-corrected chi connectivity index (χ1v) is 11.6. The minimum atomic E-state index is -0.437. The van der Waals surface area contributed by atoms with Gasteiger partial charge in [0.25, 0.3) is 5.56 Å². The van der Waals surface area contributed by atoms with Crippen molar-refractivity contribution in [1.82, 2.24) is 29.3 Å². The highest BCUT2D eigenvalue weighted by atomic mass is 32.2. The van der Waals surface area contributed by atoms with Crippen LogP contribution in [-0.2, 0) is 13.6 Å². The van der Waals surface area contributed by atoms with Crippen LogP contribution in [0.4, 0.5) is 5.95 Å². The molecule has 0 aliphatic carbocycles. The van der Waals surface area contributed by atoms with Crippen molar-refractivity contribution in [3.8, 4) is 0 Å². The van der Waals surface area contributed by atoms with Gasteiger partial charge in [0.05, 0.1) is 0 Å². The maximum Gasteiger partial charge on any atom is 0.329 e. The maximum atomic E-state index is 12.7. The van der Waals surface area contributed by atoms with Crippen molar-refractivity contribution in [3.63, 3.8) is 0 Å². The molecule has 11 heteroatoms. The standard InChI is InChI=1S/C18H25N7O2S2/c1-11(10-28-18-22-21-12(2)29-18)9-25-13-14(23(3)17(27)20-15(13)26)19-16(25)24-7-5-4-6-8-24/h11H,4-10H2,1-3H3,(H,20,26,27)/t11-/m1/s1. The molecule has 4 heterocycles. The molecule has 1 atom stereocenters. The first kappa shape index (κ1) is 20.1. The average Bonchev–Trinajstić information content (AvgIpc) is 3.29. The van der Waals surface area contributed by atoms with Crippen molar-refractivity contribution in [2.75, 3.05) is 23.7 Å². The van der Waals surface area contributed by atoms with Gasteiger partial charge in [0.15, 0.2) is 15.5 Å². The van der Waals surface area contributed by atoms with Gasteiger partial charge in [-0.1, -0.05) is 30.0 Å². The van der Waals surface area contributed by atoms with Crippen molar-refractivity contribution < 1.29 is 0 Å². The van der Waals surface area contributed by atoms with Crippen LogP contribution < -0.4 is 16.1 Å². The predicted molar refractivity (Wildman–Crippen MR) is 116 cm³/mol. The Bertz CT molecular complexity index is 1120. The number of thioether (sulfide) groups is 1. The number of hydrogen-bond acceptors (Lipinski definition) is 8. The molecule has 3 aromatic rings. The molecule has 0 unspecified atom stereocenters. The minimum absolute atomic E-state index is 0.279. The lowest BCUT2D eigenvalue weighted by Gasteiger charge is -2.28. The van der Waals surface area contributed by atoms with E-state index in [0.29, 0.717) is 17.7 Å². The molecule has 1 saturated heterocycles. The normalized spacial score (nSPS) is 15.9. The van der Waals surface area contributed by atoms with Crippen LogP contribution in [0.5, 0.6) is 0 Å². The van der Waals surface area contributed by atoms with Gasteiger partial charge in [-0.05, 0) is 32.1 Å². The Hall–Kier alpha value is -2.14. The molecule has 1 aliphatic heterocycles. The number of hydrogen-bond donors (Lipinski definition) is 1. The Morgan fingerprint density at radius 1 is 1.21 bits per heavy atom. The van der Waals surface area contributed by atoms with Crippen LogP contribution in [0.25, 0.3) is 11.2 Å². The van der Waals surface area contributed by atoms with Gasteiger partial charge in [0, 0.05) is 32.4 Å². The monoisotopic (exact) mass is 435 g/mol. The Balaban J connectivity index is 1.67. The van der Waals surface area contributed by atoms with E-state index in [1.54, 1.807) is 30.1 Å². The largest absolute Gasteiger partial charge is 0.342 e. The minimum Gasteiger partial charge on any atom is -0.342 e. The van der Waals surface area contributed by atoms with Crippen LogP contribution in [0.15, 0.2) is 13.9 Å². The molecule has 0 spiro atoms. The van der Waals surface area contributed by atoms with Crippen molar-refractivity contribution in [3.05, 3.63) is 25.8 Å². The van der Waals surface area contributed by atoms with Gasteiger partial charge in [-0.3, -0.25) is 14.3 Å². The summed E-state index contributed by atoms with van der Waals surface area (Å²) in [7, 11) is 1.65. The molecule has 0 amide bonds. The first-order valence-electron chi connectivity index (χ1n) is 9.81. The molecule has 0 bridgehead atoms. The van der Waals surface area contributed by atoms with Gasteiger partial charge in [0.1, 0.15) is 5.01 Å². The summed E-state index contributed by atoms with van der Waals surface area (Å²) in [4.78, 5) is 34.1. The molecule has 156 valence electrons. The Morgan fingerprint density at radius 3 is 2.66 bits per heavy atom. The van der Waals surface area contributed by atoms with E-state index >= 15 is 0 Å². The highest BCUT2D eigenvalue weighted by Gasteiger charge is 2.24.